The van der Waals surface area contributed by atoms with Gasteiger partial charge in [0.25, 0.3) is 10.0 Å². The Hall–Kier alpha value is -3.40. The maximum Gasteiger partial charge on any atom is 0.266 e. The van der Waals surface area contributed by atoms with Crippen molar-refractivity contribution in [3.8, 4) is 11.1 Å². The predicted octanol–water partition coefficient (Wildman–Crippen LogP) is 4.17. The van der Waals surface area contributed by atoms with Crippen molar-refractivity contribution in [1.29, 1.82) is 0 Å². The second kappa shape index (κ2) is 7.45. The molecule has 0 fully saturated rings. The fourth-order valence-electron chi connectivity index (χ4n) is 3.07. The van der Waals surface area contributed by atoms with Gasteiger partial charge in [-0.1, -0.05) is 18.2 Å². The number of hydrogen-bond donors (Lipinski definition) is 2. The van der Waals surface area contributed by atoms with E-state index in [1.165, 1.54) is 24.3 Å². The molecular weight excluding hydrogens is 422 g/mol. The number of para-hydroxylation sites is 1. The van der Waals surface area contributed by atoms with Gasteiger partial charge in [0.1, 0.15) is 28.2 Å². The lowest BCUT2D eigenvalue weighted by Gasteiger charge is -2.24. The first-order chi connectivity index (χ1) is 14.2. The molecule has 1 aliphatic rings. The van der Waals surface area contributed by atoms with Gasteiger partial charge >= 0.3 is 0 Å². The second-order valence-electron chi connectivity index (χ2n) is 6.43. The molecule has 0 saturated carbocycles. The van der Waals surface area contributed by atoms with E-state index in [1.54, 1.807) is 0 Å². The molecule has 1 heterocycles. The van der Waals surface area contributed by atoms with Gasteiger partial charge in [0, 0.05) is 17.2 Å². The van der Waals surface area contributed by atoms with Gasteiger partial charge < -0.3 is 5.32 Å². The number of aliphatic imine (C=N–C) groups is 1. The topological polar surface area (TPSA) is 70.6 Å². The van der Waals surface area contributed by atoms with Crippen LogP contribution < -0.4 is 10.0 Å². The molecule has 0 amide bonds. The molecular formula is C20H13F4N3O2S. The van der Waals surface area contributed by atoms with Crippen molar-refractivity contribution < 1.29 is 26.0 Å². The zero-order chi connectivity index (χ0) is 21.5. The summed E-state index contributed by atoms with van der Waals surface area (Å²) in [4.78, 5) is 3.76. The van der Waals surface area contributed by atoms with Crippen molar-refractivity contribution in [3.63, 3.8) is 0 Å². The molecule has 3 aromatic rings. The van der Waals surface area contributed by atoms with Crippen molar-refractivity contribution in [2.24, 2.45) is 4.99 Å². The van der Waals surface area contributed by atoms with E-state index in [1.807, 2.05) is 0 Å². The zero-order valence-electron chi connectivity index (χ0n) is 15.1. The number of sulfonamides is 1. The molecule has 0 radical (unpaired) electrons. The first kappa shape index (κ1) is 19.9. The van der Waals surface area contributed by atoms with Crippen LogP contribution in [0.4, 0.5) is 23.2 Å². The summed E-state index contributed by atoms with van der Waals surface area (Å²) in [5.74, 6) is -3.59. The van der Waals surface area contributed by atoms with E-state index in [0.29, 0.717) is 6.07 Å². The molecule has 1 aliphatic heterocycles. The number of rotatable bonds is 3. The lowest BCUT2D eigenvalue weighted by Crippen LogP contribution is -2.41. The number of benzene rings is 3. The quantitative estimate of drug-likeness (QED) is 0.607. The zero-order valence-corrected chi connectivity index (χ0v) is 15.9. The Balaban J connectivity index is 1.78. The summed E-state index contributed by atoms with van der Waals surface area (Å²) in [6.45, 7) is -0.477. The third kappa shape index (κ3) is 3.73. The molecule has 0 saturated heterocycles. The maximum absolute atomic E-state index is 13.8. The molecule has 154 valence electrons. The summed E-state index contributed by atoms with van der Waals surface area (Å²) < 4.78 is 82.4. The van der Waals surface area contributed by atoms with Crippen molar-refractivity contribution in [2.45, 2.75) is 11.4 Å². The molecule has 5 nitrogen and oxygen atoms in total. The van der Waals surface area contributed by atoms with Gasteiger partial charge in [0.15, 0.2) is 0 Å². The minimum atomic E-state index is -4.08. The number of guanidine groups is 1. The first-order valence-electron chi connectivity index (χ1n) is 8.61. The highest BCUT2D eigenvalue weighted by atomic mass is 32.2. The minimum Gasteiger partial charge on any atom is -0.324 e. The van der Waals surface area contributed by atoms with Crippen LogP contribution in [0.1, 0.15) is 5.56 Å². The Morgan fingerprint density at radius 2 is 1.50 bits per heavy atom. The number of nitrogens with zero attached hydrogens (tertiary/aromatic N) is 1. The van der Waals surface area contributed by atoms with Crippen molar-refractivity contribution in [1.82, 2.24) is 4.72 Å². The van der Waals surface area contributed by atoms with Gasteiger partial charge in [0.2, 0.25) is 5.96 Å². The average molecular weight is 435 g/mol. The van der Waals surface area contributed by atoms with E-state index >= 15 is 0 Å². The summed E-state index contributed by atoms with van der Waals surface area (Å²) in [5.41, 5.74) is 0.0143. The molecule has 0 spiro atoms. The Morgan fingerprint density at radius 1 is 0.867 bits per heavy atom. The Morgan fingerprint density at radius 3 is 2.17 bits per heavy atom. The average Bonchev–Trinajstić information content (AvgIpc) is 2.66. The molecule has 30 heavy (non-hydrogen) atoms. The van der Waals surface area contributed by atoms with E-state index in [9.17, 15) is 26.0 Å². The fraction of sp³-hybridized carbons (Fsp3) is 0.0500. The Labute approximate surface area is 169 Å². The van der Waals surface area contributed by atoms with Gasteiger partial charge in [-0.3, -0.25) is 0 Å². The highest BCUT2D eigenvalue weighted by Gasteiger charge is 2.29. The van der Waals surface area contributed by atoms with Crippen LogP contribution in [0.5, 0.6) is 0 Å². The number of nitrogens with one attached hydrogen (secondary N) is 2. The van der Waals surface area contributed by atoms with Crippen LogP contribution in [0.15, 0.2) is 64.5 Å². The number of halogens is 4. The predicted molar refractivity (Wildman–Crippen MR) is 103 cm³/mol. The third-order valence-electron chi connectivity index (χ3n) is 4.42. The van der Waals surface area contributed by atoms with Crippen LogP contribution in [0.2, 0.25) is 0 Å². The monoisotopic (exact) mass is 435 g/mol. The number of fused-ring (bicyclic) bond motifs is 1. The van der Waals surface area contributed by atoms with Crippen molar-refractivity contribution in [3.05, 3.63) is 83.4 Å². The Kier molecular flexibility index (Phi) is 4.94. The highest BCUT2D eigenvalue weighted by molar-refractivity contribution is 7.90. The van der Waals surface area contributed by atoms with Crippen LogP contribution in [0, 0.1) is 23.3 Å². The van der Waals surface area contributed by atoms with E-state index in [4.69, 9.17) is 0 Å². The van der Waals surface area contributed by atoms with E-state index in [0.717, 1.165) is 24.3 Å². The summed E-state index contributed by atoms with van der Waals surface area (Å²) in [6.07, 6.45) is 0. The van der Waals surface area contributed by atoms with Gasteiger partial charge in [-0.25, -0.2) is 35.7 Å². The largest absolute Gasteiger partial charge is 0.324 e. The standard InChI is InChI=1S/C20H13F4N3O2S/c21-12-7-11(8-13(22)9-12)14-3-1-6-18-19(14)26-20(27-30(18,28)29)25-10-15-16(23)4-2-5-17(15)24/h1-9H,10H2,(H2,25,26,27). The third-order valence-corrected chi connectivity index (χ3v) is 5.80. The Bertz CT molecular complexity index is 1250. The molecule has 0 aromatic heterocycles. The van der Waals surface area contributed by atoms with Crippen LogP contribution in [-0.4, -0.2) is 14.4 Å². The van der Waals surface area contributed by atoms with Crippen LogP contribution >= 0.6 is 0 Å². The van der Waals surface area contributed by atoms with Gasteiger partial charge in [0.05, 0.1) is 12.2 Å². The molecule has 0 atom stereocenters. The normalized spacial score (nSPS) is 15.9. The maximum atomic E-state index is 13.8. The fourth-order valence-corrected chi connectivity index (χ4v) is 4.24. The molecule has 0 bridgehead atoms. The van der Waals surface area contributed by atoms with Crippen LogP contribution in [0.25, 0.3) is 11.1 Å². The van der Waals surface area contributed by atoms with Crippen LogP contribution in [-0.2, 0) is 16.6 Å². The van der Waals surface area contributed by atoms with Gasteiger partial charge in [-0.2, -0.15) is 0 Å². The molecule has 10 heteroatoms. The molecule has 4 rings (SSSR count). The van der Waals surface area contributed by atoms with E-state index < -0.39 is 39.8 Å². The lowest BCUT2D eigenvalue weighted by molar-refractivity contribution is 0.557. The summed E-state index contributed by atoms with van der Waals surface area (Å²) in [7, 11) is -4.08. The lowest BCUT2D eigenvalue weighted by atomic mass is 10.0. The van der Waals surface area contributed by atoms with Crippen molar-refractivity contribution >= 4 is 21.7 Å². The number of anilines is 1. The SMILES string of the molecule is O=S1(=O)NC(=NCc2c(F)cccc2F)Nc2c(-c3cc(F)cc(F)c3)cccc21. The first-order valence-corrected chi connectivity index (χ1v) is 10.1. The molecule has 0 aliphatic carbocycles. The van der Waals surface area contributed by atoms with Crippen LogP contribution in [0.3, 0.4) is 0 Å². The summed E-state index contributed by atoms with van der Waals surface area (Å²) >= 11 is 0. The molecule has 3 aromatic carbocycles. The van der Waals surface area contributed by atoms with E-state index in [-0.39, 0.29) is 33.2 Å². The van der Waals surface area contributed by atoms with E-state index in [2.05, 4.69) is 15.0 Å². The van der Waals surface area contributed by atoms with Gasteiger partial charge in [-0.15, -0.1) is 0 Å². The summed E-state index contributed by atoms with van der Waals surface area (Å²) in [6, 6.07) is 10.3. The smallest absolute Gasteiger partial charge is 0.266 e. The highest BCUT2D eigenvalue weighted by Crippen LogP contribution is 2.36. The second-order valence-corrected chi connectivity index (χ2v) is 8.08. The van der Waals surface area contributed by atoms with Crippen molar-refractivity contribution in [2.75, 3.05) is 5.32 Å². The summed E-state index contributed by atoms with van der Waals surface area (Å²) in [5, 5.41) is 2.74. The number of hydrogen-bond acceptors (Lipinski definition) is 3. The minimum absolute atomic E-state index is 0.0361. The van der Waals surface area contributed by atoms with Gasteiger partial charge in [-0.05, 0) is 35.9 Å². The molecule has 0 unspecified atom stereocenters. The molecule has 2 N–H and O–H groups in total.